The van der Waals surface area contributed by atoms with Gasteiger partial charge in [0.1, 0.15) is 10.6 Å². The number of carbonyl (C=O) groups excluding carboxylic acids is 1. The number of nitrogens with one attached hydrogen (secondary N) is 2. The molecule has 0 saturated carbocycles. The lowest BCUT2D eigenvalue weighted by Gasteiger charge is -2.18. The summed E-state index contributed by atoms with van der Waals surface area (Å²) in [5, 5.41) is 12.1. The SMILES string of the molecule is Cl.NCc1ccc2c(c1)NC(=O)CO2.O=C(O)c1nc2sc3c(c2c(=O)[nH]1)CCOCC3. The molecule has 1 aromatic carbocycles. The van der Waals surface area contributed by atoms with Crippen molar-refractivity contribution >= 4 is 51.5 Å². The molecule has 3 aromatic rings. The average molecular weight is 481 g/mol. The second kappa shape index (κ2) is 10.1. The molecule has 0 bridgehead atoms. The standard InChI is InChI=1S/C11H10N2O4S.C9H10N2O2.ClH/c14-9-7-5-1-3-17-4-2-6(5)18-10(7)13-8(12-9)11(15)16;10-4-6-1-2-8-7(3-6)11-9(12)5-13-8;/h1-4H2,(H,15,16)(H,12,13,14);1-3H,4-5,10H2,(H,11,12);1H. The van der Waals surface area contributed by atoms with E-state index in [1.165, 1.54) is 11.3 Å². The van der Waals surface area contributed by atoms with Gasteiger partial charge in [0.25, 0.3) is 11.5 Å². The summed E-state index contributed by atoms with van der Waals surface area (Å²) in [7, 11) is 0. The van der Waals surface area contributed by atoms with Crippen molar-refractivity contribution < 1.29 is 24.2 Å². The number of carbonyl (C=O) groups is 2. The number of hydrogen-bond acceptors (Lipinski definition) is 8. The average Bonchev–Trinajstić information content (AvgIpc) is 2.95. The van der Waals surface area contributed by atoms with E-state index in [1.807, 2.05) is 18.2 Å². The Kier molecular flexibility index (Phi) is 7.46. The zero-order valence-electron chi connectivity index (χ0n) is 16.8. The van der Waals surface area contributed by atoms with Gasteiger partial charge in [0.05, 0.1) is 24.3 Å². The molecule has 1 amide bonds. The normalized spacial score (nSPS) is 14.5. The monoisotopic (exact) mass is 480 g/mol. The first kappa shape index (κ1) is 23.7. The lowest BCUT2D eigenvalue weighted by atomic mass is 10.1. The summed E-state index contributed by atoms with van der Waals surface area (Å²) >= 11 is 1.38. The molecule has 2 aliphatic rings. The highest BCUT2D eigenvalue weighted by Crippen LogP contribution is 2.30. The Morgan fingerprint density at radius 1 is 1.25 bits per heavy atom. The Labute approximate surface area is 192 Å². The van der Waals surface area contributed by atoms with Gasteiger partial charge < -0.3 is 30.6 Å². The van der Waals surface area contributed by atoms with E-state index in [2.05, 4.69) is 15.3 Å². The predicted octanol–water partition coefficient (Wildman–Crippen LogP) is 1.70. The van der Waals surface area contributed by atoms with Crippen LogP contribution in [0.4, 0.5) is 5.69 Å². The molecule has 4 heterocycles. The number of amides is 1. The number of aromatic carboxylic acids is 1. The molecular formula is C20H21ClN4O6S. The van der Waals surface area contributed by atoms with Gasteiger partial charge in [-0.15, -0.1) is 23.7 Å². The Bertz CT molecular complexity index is 1220. The number of aromatic nitrogens is 2. The van der Waals surface area contributed by atoms with E-state index in [4.69, 9.17) is 20.3 Å². The van der Waals surface area contributed by atoms with Gasteiger partial charge in [-0.2, -0.15) is 0 Å². The molecule has 10 nitrogen and oxygen atoms in total. The van der Waals surface area contributed by atoms with Crippen LogP contribution >= 0.6 is 23.7 Å². The molecule has 170 valence electrons. The third kappa shape index (κ3) is 4.91. The molecule has 32 heavy (non-hydrogen) atoms. The molecule has 0 spiro atoms. The van der Waals surface area contributed by atoms with Crippen LogP contribution in [0, 0.1) is 0 Å². The molecule has 12 heteroatoms. The number of aromatic amines is 1. The van der Waals surface area contributed by atoms with Gasteiger partial charge in [0.2, 0.25) is 5.82 Å². The maximum atomic E-state index is 12.0. The molecule has 0 saturated heterocycles. The van der Waals surface area contributed by atoms with Crippen LogP contribution in [0.3, 0.4) is 0 Å². The van der Waals surface area contributed by atoms with Crippen molar-refractivity contribution in [1.82, 2.24) is 9.97 Å². The summed E-state index contributed by atoms with van der Waals surface area (Å²) in [6, 6.07) is 5.53. The number of benzene rings is 1. The molecule has 0 fully saturated rings. The molecule has 0 atom stereocenters. The van der Waals surface area contributed by atoms with Crippen LogP contribution in [0.2, 0.25) is 0 Å². The lowest BCUT2D eigenvalue weighted by molar-refractivity contribution is -0.118. The fourth-order valence-corrected chi connectivity index (χ4v) is 4.58. The van der Waals surface area contributed by atoms with Crippen LogP contribution in [0.5, 0.6) is 5.75 Å². The van der Waals surface area contributed by atoms with Crippen LogP contribution in [-0.2, 0) is 28.9 Å². The van der Waals surface area contributed by atoms with Crippen molar-refractivity contribution in [1.29, 1.82) is 0 Å². The predicted molar refractivity (Wildman–Crippen MR) is 121 cm³/mol. The first-order chi connectivity index (χ1) is 15.0. The number of carboxylic acids is 1. The minimum atomic E-state index is -1.22. The van der Waals surface area contributed by atoms with Crippen molar-refractivity contribution in [3.63, 3.8) is 0 Å². The van der Waals surface area contributed by atoms with Gasteiger partial charge in [-0.3, -0.25) is 9.59 Å². The second-order valence-corrected chi connectivity index (χ2v) is 7.97. The van der Waals surface area contributed by atoms with Gasteiger partial charge in [-0.05, 0) is 29.7 Å². The van der Waals surface area contributed by atoms with Crippen molar-refractivity contribution in [2.45, 2.75) is 19.4 Å². The van der Waals surface area contributed by atoms with Crippen molar-refractivity contribution in [2.24, 2.45) is 5.73 Å². The Morgan fingerprint density at radius 2 is 2.03 bits per heavy atom. The van der Waals surface area contributed by atoms with Crippen LogP contribution < -0.4 is 21.3 Å². The van der Waals surface area contributed by atoms with E-state index in [0.29, 0.717) is 47.8 Å². The molecule has 5 rings (SSSR count). The fourth-order valence-electron chi connectivity index (χ4n) is 3.38. The Hall–Kier alpha value is -2.99. The van der Waals surface area contributed by atoms with Gasteiger partial charge in [-0.25, -0.2) is 9.78 Å². The number of hydrogen-bond donors (Lipinski definition) is 4. The highest BCUT2D eigenvalue weighted by Gasteiger charge is 2.20. The smallest absolute Gasteiger partial charge is 0.372 e. The quantitative estimate of drug-likeness (QED) is 0.431. The number of rotatable bonds is 2. The van der Waals surface area contributed by atoms with Gasteiger partial charge in [0.15, 0.2) is 6.61 Å². The van der Waals surface area contributed by atoms with E-state index < -0.39 is 5.97 Å². The zero-order valence-corrected chi connectivity index (χ0v) is 18.4. The summed E-state index contributed by atoms with van der Waals surface area (Å²) in [5.41, 5.74) is 7.73. The number of anilines is 1. The van der Waals surface area contributed by atoms with Gasteiger partial charge in [0, 0.05) is 17.8 Å². The molecular weight excluding hydrogens is 460 g/mol. The molecule has 0 unspecified atom stereocenters. The highest BCUT2D eigenvalue weighted by atomic mass is 35.5. The summed E-state index contributed by atoms with van der Waals surface area (Å²) in [6.07, 6.45) is 1.42. The maximum Gasteiger partial charge on any atom is 0.372 e. The van der Waals surface area contributed by atoms with E-state index in [1.54, 1.807) is 0 Å². The second-order valence-electron chi connectivity index (χ2n) is 6.89. The number of fused-ring (bicyclic) bond motifs is 4. The minimum absolute atomic E-state index is 0. The molecule has 5 N–H and O–H groups in total. The largest absolute Gasteiger partial charge is 0.482 e. The summed E-state index contributed by atoms with van der Waals surface area (Å²) in [6.45, 7) is 1.76. The van der Waals surface area contributed by atoms with Crippen LogP contribution in [0.15, 0.2) is 23.0 Å². The summed E-state index contributed by atoms with van der Waals surface area (Å²) < 4.78 is 10.5. The summed E-state index contributed by atoms with van der Waals surface area (Å²) in [5.74, 6) is -0.945. The molecule has 0 radical (unpaired) electrons. The molecule has 2 aromatic heterocycles. The Morgan fingerprint density at radius 3 is 2.78 bits per heavy atom. The number of nitrogens with zero attached hydrogens (tertiary/aromatic N) is 1. The number of H-pyrrole nitrogens is 1. The van der Waals surface area contributed by atoms with Crippen molar-refractivity contribution in [2.75, 3.05) is 25.1 Å². The van der Waals surface area contributed by atoms with E-state index in [-0.39, 0.29) is 36.3 Å². The first-order valence-corrected chi connectivity index (χ1v) is 10.4. The number of halogens is 1. The third-order valence-electron chi connectivity index (χ3n) is 4.83. The number of carboxylic acid groups (broad SMARTS) is 1. The maximum absolute atomic E-state index is 12.0. The first-order valence-electron chi connectivity index (χ1n) is 9.57. The number of ether oxygens (including phenoxy) is 2. The zero-order chi connectivity index (χ0) is 22.0. The van der Waals surface area contributed by atoms with E-state index in [9.17, 15) is 14.4 Å². The topological polar surface area (TPSA) is 157 Å². The van der Waals surface area contributed by atoms with Crippen LogP contribution in [0.25, 0.3) is 10.2 Å². The minimum Gasteiger partial charge on any atom is -0.482 e. The van der Waals surface area contributed by atoms with Crippen LogP contribution in [0.1, 0.15) is 26.6 Å². The van der Waals surface area contributed by atoms with Crippen molar-refractivity contribution in [3.05, 3.63) is 50.4 Å². The van der Waals surface area contributed by atoms with Gasteiger partial charge >= 0.3 is 5.97 Å². The molecule has 0 aliphatic carbocycles. The fraction of sp³-hybridized carbons (Fsp3) is 0.300. The van der Waals surface area contributed by atoms with Crippen LogP contribution in [-0.4, -0.2) is 46.8 Å². The van der Waals surface area contributed by atoms with E-state index in [0.717, 1.165) is 22.4 Å². The highest BCUT2D eigenvalue weighted by molar-refractivity contribution is 7.18. The molecule has 2 aliphatic heterocycles. The van der Waals surface area contributed by atoms with Gasteiger partial charge in [-0.1, -0.05) is 6.07 Å². The lowest BCUT2D eigenvalue weighted by Crippen LogP contribution is -2.25. The Balaban J connectivity index is 0.000000184. The third-order valence-corrected chi connectivity index (χ3v) is 6.02. The summed E-state index contributed by atoms with van der Waals surface area (Å²) in [4.78, 5) is 41.6. The number of thiophene rings is 1. The number of nitrogens with two attached hydrogens (primary N) is 1. The van der Waals surface area contributed by atoms with Crippen molar-refractivity contribution in [3.8, 4) is 5.75 Å². The van der Waals surface area contributed by atoms with E-state index >= 15 is 0 Å².